The summed E-state index contributed by atoms with van der Waals surface area (Å²) in [4.78, 5) is 29.1. The summed E-state index contributed by atoms with van der Waals surface area (Å²) in [5.41, 5.74) is 4.19. The van der Waals surface area contributed by atoms with Gasteiger partial charge in [-0.15, -0.1) is 0 Å². The van der Waals surface area contributed by atoms with E-state index in [0.29, 0.717) is 11.4 Å². The minimum Gasteiger partial charge on any atom is -0.858 e. The van der Waals surface area contributed by atoms with Gasteiger partial charge >= 0.3 is 5.91 Å². The predicted molar refractivity (Wildman–Crippen MR) is 138 cm³/mol. The molecule has 0 saturated heterocycles. The van der Waals surface area contributed by atoms with Crippen LogP contribution in [0.3, 0.4) is 0 Å². The molecule has 37 heavy (non-hydrogen) atoms. The fraction of sp³-hybridized carbons (Fsp3) is 0.200. The maximum Gasteiger partial charge on any atom is 0.327 e. The van der Waals surface area contributed by atoms with Crippen molar-refractivity contribution in [2.75, 3.05) is 0 Å². The molecule has 0 N–H and O–H groups in total. The number of hydrogen-bond acceptors (Lipinski definition) is 4. The molecule has 2 aromatic carbocycles. The molecule has 0 spiro atoms. The van der Waals surface area contributed by atoms with Crippen LogP contribution in [0.25, 0.3) is 17.0 Å². The van der Waals surface area contributed by atoms with Crippen molar-refractivity contribution in [3.63, 3.8) is 0 Å². The van der Waals surface area contributed by atoms with E-state index in [4.69, 9.17) is 0 Å². The number of carbonyl (C=O) groups is 2. The van der Waals surface area contributed by atoms with E-state index >= 15 is 0 Å². The summed E-state index contributed by atoms with van der Waals surface area (Å²) < 4.78 is 2.99. The lowest BCUT2D eigenvalue weighted by molar-refractivity contribution is -0.577. The van der Waals surface area contributed by atoms with Crippen LogP contribution in [0.4, 0.5) is 0 Å². The number of benzene rings is 2. The highest BCUT2D eigenvalue weighted by atomic mass is 16.3. The fourth-order valence-electron chi connectivity index (χ4n) is 4.78. The normalized spacial score (nSPS) is 13.8. The Morgan fingerprint density at radius 1 is 0.892 bits per heavy atom. The number of hydrogen-bond donors (Lipinski definition) is 0. The first-order valence-electron chi connectivity index (χ1n) is 12.3. The predicted octanol–water partition coefficient (Wildman–Crippen LogP) is 3.91. The molecule has 0 unspecified atom stereocenters. The summed E-state index contributed by atoms with van der Waals surface area (Å²) in [6.07, 6.45) is 3.61. The number of pyridine rings is 1. The second kappa shape index (κ2) is 9.50. The maximum atomic E-state index is 14.0. The van der Waals surface area contributed by atoms with E-state index in [2.05, 4.69) is 5.10 Å². The van der Waals surface area contributed by atoms with Gasteiger partial charge in [-0.05, 0) is 49.4 Å². The van der Waals surface area contributed by atoms with Crippen molar-refractivity contribution in [1.82, 2.24) is 14.7 Å². The third-order valence-electron chi connectivity index (χ3n) is 6.39. The average molecular weight is 493 g/mol. The summed E-state index contributed by atoms with van der Waals surface area (Å²) in [5, 5.41) is 18.5. The Morgan fingerprint density at radius 2 is 1.49 bits per heavy atom. The summed E-state index contributed by atoms with van der Waals surface area (Å²) in [7, 11) is 0. The van der Waals surface area contributed by atoms with Crippen LogP contribution in [0.2, 0.25) is 0 Å². The number of imide groups is 1. The molecule has 1 aliphatic heterocycles. The van der Waals surface area contributed by atoms with Gasteiger partial charge in [-0.2, -0.15) is 9.67 Å². The second-order valence-electron chi connectivity index (χ2n) is 9.67. The highest BCUT2D eigenvalue weighted by Crippen LogP contribution is 2.39. The molecule has 3 heterocycles. The highest BCUT2D eigenvalue weighted by Gasteiger charge is 2.47. The van der Waals surface area contributed by atoms with Gasteiger partial charge < -0.3 is 5.11 Å². The standard InChI is InChI=1S/C30H28N4O3/c1-19(2)26-24(29(36)34(31-26)23-13-9-6-10-14-23)25-27(32-16-20(3)15-21(4)17-32)30(37)33(28(25)35)18-22-11-7-5-8-12-22/h5-17,19H,18H2,1-4H3. The van der Waals surface area contributed by atoms with Crippen molar-refractivity contribution in [2.24, 2.45) is 0 Å². The van der Waals surface area contributed by atoms with E-state index in [-0.39, 0.29) is 29.3 Å². The van der Waals surface area contributed by atoms with Crippen molar-refractivity contribution in [3.05, 3.63) is 107 Å². The molecule has 0 bridgehead atoms. The first-order chi connectivity index (χ1) is 17.8. The van der Waals surface area contributed by atoms with Crippen molar-refractivity contribution >= 4 is 23.1 Å². The van der Waals surface area contributed by atoms with Crippen LogP contribution in [-0.4, -0.2) is 26.5 Å². The lowest BCUT2D eigenvalue weighted by Crippen LogP contribution is -2.39. The minimum atomic E-state index is -0.498. The highest BCUT2D eigenvalue weighted by molar-refractivity contribution is 6.44. The molecule has 0 atom stereocenters. The molecular formula is C30H28N4O3. The lowest BCUT2D eigenvalue weighted by atomic mass is 9.98. The van der Waals surface area contributed by atoms with E-state index in [1.165, 1.54) is 9.58 Å². The van der Waals surface area contributed by atoms with E-state index in [1.807, 2.05) is 82.3 Å². The summed E-state index contributed by atoms with van der Waals surface area (Å²) in [5.74, 6) is -1.52. The first kappa shape index (κ1) is 24.2. The first-order valence-corrected chi connectivity index (χ1v) is 12.3. The maximum absolute atomic E-state index is 14.0. The van der Waals surface area contributed by atoms with E-state index in [1.54, 1.807) is 29.1 Å². The number of carbonyl (C=O) groups excluding carboxylic acids is 2. The van der Waals surface area contributed by atoms with Crippen molar-refractivity contribution < 1.29 is 19.3 Å². The Labute approximate surface area is 215 Å². The molecule has 4 aromatic rings. The van der Waals surface area contributed by atoms with Gasteiger partial charge in [0.05, 0.1) is 17.9 Å². The molecule has 186 valence electrons. The Hall–Kier alpha value is -4.52. The molecule has 1 aliphatic rings. The Kier molecular flexibility index (Phi) is 6.21. The van der Waals surface area contributed by atoms with E-state index in [9.17, 15) is 14.7 Å². The zero-order chi connectivity index (χ0) is 26.3. The van der Waals surface area contributed by atoms with Gasteiger partial charge in [0.1, 0.15) is 5.57 Å². The Balaban J connectivity index is 1.76. The van der Waals surface area contributed by atoms with Gasteiger partial charge in [0.15, 0.2) is 12.4 Å². The van der Waals surface area contributed by atoms with Crippen LogP contribution >= 0.6 is 0 Å². The molecule has 0 fully saturated rings. The van der Waals surface area contributed by atoms with Gasteiger partial charge in [0.2, 0.25) is 0 Å². The number of aryl methyl sites for hydroxylation is 2. The van der Waals surface area contributed by atoms with Crippen LogP contribution in [0.15, 0.2) is 79.1 Å². The van der Waals surface area contributed by atoms with E-state index < -0.39 is 17.7 Å². The van der Waals surface area contributed by atoms with Crippen molar-refractivity contribution in [2.45, 2.75) is 40.2 Å². The largest absolute Gasteiger partial charge is 0.858 e. The topological polar surface area (TPSA) is 82.1 Å². The van der Waals surface area contributed by atoms with E-state index in [0.717, 1.165) is 16.7 Å². The number of nitrogens with zero attached hydrogens (tertiary/aromatic N) is 4. The molecule has 7 heteroatoms. The van der Waals surface area contributed by atoms with Crippen LogP contribution in [0.1, 0.15) is 47.7 Å². The Morgan fingerprint density at radius 3 is 2.08 bits per heavy atom. The summed E-state index contributed by atoms with van der Waals surface area (Å²) >= 11 is 0. The van der Waals surface area contributed by atoms with Crippen LogP contribution in [-0.2, 0) is 16.1 Å². The molecule has 0 aliphatic carbocycles. The minimum absolute atomic E-state index is 0.0896. The monoisotopic (exact) mass is 492 g/mol. The van der Waals surface area contributed by atoms with Gasteiger partial charge in [-0.25, -0.2) is 4.68 Å². The molecule has 0 radical (unpaired) electrons. The smallest absolute Gasteiger partial charge is 0.327 e. The second-order valence-corrected chi connectivity index (χ2v) is 9.67. The lowest BCUT2D eigenvalue weighted by Gasteiger charge is -2.16. The molecule has 0 saturated carbocycles. The number of aromatic nitrogens is 3. The van der Waals surface area contributed by atoms with Crippen LogP contribution < -0.4 is 9.67 Å². The zero-order valence-electron chi connectivity index (χ0n) is 21.3. The molecule has 7 nitrogen and oxygen atoms in total. The molecular weight excluding hydrogens is 464 g/mol. The average Bonchev–Trinajstić information content (AvgIpc) is 3.33. The Bertz CT molecular complexity index is 1520. The SMILES string of the molecule is Cc1cc(C)c[n+](C2=C(c3c(C(C)C)nn(-c4ccccc4)c3[O-])C(=O)N(Cc3ccccc3)C2=O)c1. The van der Waals surface area contributed by atoms with Crippen LogP contribution in [0.5, 0.6) is 5.88 Å². The van der Waals surface area contributed by atoms with Crippen molar-refractivity contribution in [3.8, 4) is 11.6 Å². The molecule has 2 amide bonds. The van der Waals surface area contributed by atoms with Gasteiger partial charge in [-0.3, -0.25) is 14.5 Å². The van der Waals surface area contributed by atoms with Crippen LogP contribution in [0, 0.1) is 13.8 Å². The molecule has 2 aromatic heterocycles. The van der Waals surface area contributed by atoms with Crippen molar-refractivity contribution in [1.29, 1.82) is 0 Å². The third kappa shape index (κ3) is 4.33. The summed E-state index contributed by atoms with van der Waals surface area (Å²) in [6, 6.07) is 20.4. The van der Waals surface area contributed by atoms with Gasteiger partial charge in [0.25, 0.3) is 11.6 Å². The third-order valence-corrected chi connectivity index (χ3v) is 6.39. The van der Waals surface area contributed by atoms with Gasteiger partial charge in [-0.1, -0.05) is 62.4 Å². The number of para-hydroxylation sites is 1. The summed E-state index contributed by atoms with van der Waals surface area (Å²) in [6.45, 7) is 7.81. The number of rotatable bonds is 6. The van der Waals surface area contributed by atoms with Gasteiger partial charge in [0, 0.05) is 16.7 Å². The number of amides is 2. The molecule has 5 rings (SSSR count). The zero-order valence-corrected chi connectivity index (χ0v) is 21.3. The quantitative estimate of drug-likeness (QED) is 0.302. The fourth-order valence-corrected chi connectivity index (χ4v) is 4.78.